The number of anilines is 1. The maximum atomic E-state index is 12.7. The van der Waals surface area contributed by atoms with E-state index in [1.807, 2.05) is 24.3 Å². The van der Waals surface area contributed by atoms with Crippen molar-refractivity contribution in [2.75, 3.05) is 43.8 Å². The minimum atomic E-state index is -0.0175. The van der Waals surface area contributed by atoms with Crippen LogP contribution in [0.15, 0.2) is 89.8 Å². The molecule has 4 rings (SSSR count). The minimum Gasteiger partial charge on any atom is -0.324 e. The lowest BCUT2D eigenvalue weighted by Crippen LogP contribution is -2.49. The Kier molecular flexibility index (Phi) is 8.15. The Balaban J connectivity index is 1.36. The first-order chi connectivity index (χ1) is 16.2. The zero-order valence-electron chi connectivity index (χ0n) is 18.6. The number of rotatable bonds is 8. The van der Waals surface area contributed by atoms with Crippen molar-refractivity contribution < 1.29 is 4.79 Å². The van der Waals surface area contributed by atoms with Gasteiger partial charge in [0.25, 0.3) is 0 Å². The van der Waals surface area contributed by atoms with Crippen LogP contribution < -0.4 is 5.32 Å². The zero-order valence-corrected chi connectivity index (χ0v) is 19.4. The molecule has 5 nitrogen and oxygen atoms in total. The van der Waals surface area contributed by atoms with Gasteiger partial charge >= 0.3 is 0 Å². The Morgan fingerprint density at radius 3 is 2.06 bits per heavy atom. The van der Waals surface area contributed by atoms with E-state index < -0.39 is 0 Å². The fraction of sp³-hybridized carbons (Fsp3) is 0.259. The first-order valence-electron chi connectivity index (χ1n) is 11.2. The van der Waals surface area contributed by atoms with E-state index in [-0.39, 0.29) is 11.9 Å². The molecule has 0 aliphatic carbocycles. The maximum absolute atomic E-state index is 12.7. The molecule has 1 saturated heterocycles. The first kappa shape index (κ1) is 23.1. The second-order valence-electron chi connectivity index (χ2n) is 8.03. The number of carbonyl (C=O) groups excluding carboxylic acids is 1. The molecule has 0 bridgehead atoms. The van der Waals surface area contributed by atoms with E-state index >= 15 is 0 Å². The predicted octanol–water partition coefficient (Wildman–Crippen LogP) is 4.65. The normalized spacial score (nSPS) is 14.7. The van der Waals surface area contributed by atoms with Gasteiger partial charge in [0.2, 0.25) is 5.91 Å². The standard InChI is InChI=1S/C27H28N4OS/c28-15-20-33-25-14-8-7-13-24(25)29-26(32)21-30-16-18-31(19-17-30)27(22-9-3-1-4-10-22)23-11-5-2-6-12-23/h1-14,27H,16-21H2,(H,29,32). The number of para-hydroxylation sites is 1. The number of benzene rings is 3. The molecule has 0 spiro atoms. The number of amides is 1. The van der Waals surface area contributed by atoms with Crippen LogP contribution in [0, 0.1) is 11.3 Å². The molecule has 0 radical (unpaired) electrons. The third kappa shape index (κ3) is 6.23. The van der Waals surface area contributed by atoms with Gasteiger partial charge in [0.05, 0.1) is 30.1 Å². The van der Waals surface area contributed by atoms with Gasteiger partial charge in [-0.2, -0.15) is 5.26 Å². The zero-order chi connectivity index (χ0) is 22.9. The number of nitrogens with one attached hydrogen (secondary N) is 1. The highest BCUT2D eigenvalue weighted by Gasteiger charge is 2.27. The van der Waals surface area contributed by atoms with Gasteiger partial charge in [-0.25, -0.2) is 0 Å². The van der Waals surface area contributed by atoms with Gasteiger partial charge in [-0.05, 0) is 23.3 Å². The van der Waals surface area contributed by atoms with Crippen LogP contribution in [0.5, 0.6) is 0 Å². The quantitative estimate of drug-likeness (QED) is 0.500. The van der Waals surface area contributed by atoms with Gasteiger partial charge < -0.3 is 5.32 Å². The monoisotopic (exact) mass is 456 g/mol. The molecule has 0 atom stereocenters. The van der Waals surface area contributed by atoms with E-state index in [4.69, 9.17) is 5.26 Å². The molecule has 168 valence electrons. The van der Waals surface area contributed by atoms with Crippen molar-refractivity contribution in [3.63, 3.8) is 0 Å². The fourth-order valence-electron chi connectivity index (χ4n) is 4.26. The summed E-state index contributed by atoms with van der Waals surface area (Å²) in [6, 6.07) is 31.3. The first-order valence-corrected chi connectivity index (χ1v) is 12.2. The van der Waals surface area contributed by atoms with E-state index in [1.165, 1.54) is 22.9 Å². The Bertz CT molecular complexity index is 1040. The molecule has 3 aromatic carbocycles. The Labute approximate surface area is 200 Å². The molecule has 33 heavy (non-hydrogen) atoms. The topological polar surface area (TPSA) is 59.4 Å². The highest BCUT2D eigenvalue weighted by atomic mass is 32.2. The van der Waals surface area contributed by atoms with Gasteiger partial charge in [-0.1, -0.05) is 72.8 Å². The van der Waals surface area contributed by atoms with Crippen molar-refractivity contribution >= 4 is 23.4 Å². The van der Waals surface area contributed by atoms with Crippen LogP contribution in [0.4, 0.5) is 5.69 Å². The SMILES string of the molecule is N#CCSc1ccccc1NC(=O)CN1CCN(C(c2ccccc2)c2ccccc2)CC1. The molecule has 0 unspecified atom stereocenters. The molecule has 6 heteroatoms. The average molecular weight is 457 g/mol. The molecule has 1 aliphatic heterocycles. The van der Waals surface area contributed by atoms with E-state index in [0.717, 1.165) is 36.8 Å². The molecule has 0 aromatic heterocycles. The second kappa shape index (κ2) is 11.7. The third-order valence-corrected chi connectivity index (χ3v) is 6.76. The summed E-state index contributed by atoms with van der Waals surface area (Å²) in [7, 11) is 0. The molecule has 1 fully saturated rings. The van der Waals surface area contributed by atoms with Crippen LogP contribution >= 0.6 is 11.8 Å². The van der Waals surface area contributed by atoms with Crippen LogP contribution in [0.3, 0.4) is 0 Å². The largest absolute Gasteiger partial charge is 0.324 e. The lowest BCUT2D eigenvalue weighted by Gasteiger charge is -2.39. The smallest absolute Gasteiger partial charge is 0.238 e. The Morgan fingerprint density at radius 1 is 0.879 bits per heavy atom. The summed E-state index contributed by atoms with van der Waals surface area (Å²) in [5.74, 6) is 0.342. The summed E-state index contributed by atoms with van der Waals surface area (Å²) in [5.41, 5.74) is 3.36. The Morgan fingerprint density at radius 2 is 1.45 bits per heavy atom. The molecule has 1 heterocycles. The van der Waals surface area contributed by atoms with E-state index in [9.17, 15) is 4.79 Å². The summed E-state index contributed by atoms with van der Waals surface area (Å²) < 4.78 is 0. The van der Waals surface area contributed by atoms with Crippen molar-refractivity contribution in [3.8, 4) is 6.07 Å². The van der Waals surface area contributed by atoms with Crippen LogP contribution in [0.25, 0.3) is 0 Å². The molecular weight excluding hydrogens is 428 g/mol. The van der Waals surface area contributed by atoms with Crippen molar-refractivity contribution in [3.05, 3.63) is 96.1 Å². The number of hydrogen-bond donors (Lipinski definition) is 1. The van der Waals surface area contributed by atoms with Gasteiger partial charge in [-0.3, -0.25) is 14.6 Å². The molecule has 1 aliphatic rings. The van der Waals surface area contributed by atoms with E-state index in [0.29, 0.717) is 12.3 Å². The molecule has 1 N–H and O–H groups in total. The van der Waals surface area contributed by atoms with Crippen molar-refractivity contribution in [2.24, 2.45) is 0 Å². The summed E-state index contributed by atoms with van der Waals surface area (Å²) in [6.07, 6.45) is 0. The maximum Gasteiger partial charge on any atom is 0.238 e. The van der Waals surface area contributed by atoms with Gasteiger partial charge in [0, 0.05) is 31.1 Å². The van der Waals surface area contributed by atoms with Crippen molar-refractivity contribution in [1.29, 1.82) is 5.26 Å². The summed E-state index contributed by atoms with van der Waals surface area (Å²) in [6.45, 7) is 3.85. The highest BCUT2D eigenvalue weighted by molar-refractivity contribution is 7.99. The molecule has 1 amide bonds. The number of thioether (sulfide) groups is 1. The van der Waals surface area contributed by atoms with E-state index in [2.05, 4.69) is 81.8 Å². The number of piperazine rings is 1. The second-order valence-corrected chi connectivity index (χ2v) is 9.04. The lowest BCUT2D eigenvalue weighted by molar-refractivity contribution is -0.117. The van der Waals surface area contributed by atoms with Gasteiger partial charge in [-0.15, -0.1) is 11.8 Å². The third-order valence-electron chi connectivity index (χ3n) is 5.82. The van der Waals surface area contributed by atoms with E-state index in [1.54, 1.807) is 0 Å². The van der Waals surface area contributed by atoms with Crippen LogP contribution in [-0.4, -0.2) is 54.2 Å². The fourth-order valence-corrected chi connectivity index (χ4v) is 4.93. The van der Waals surface area contributed by atoms with Gasteiger partial charge in [0.15, 0.2) is 0 Å². The average Bonchev–Trinajstić information content (AvgIpc) is 2.86. The van der Waals surface area contributed by atoms with Crippen LogP contribution in [-0.2, 0) is 4.79 Å². The minimum absolute atomic E-state index is 0.0175. The van der Waals surface area contributed by atoms with Crippen molar-refractivity contribution in [1.82, 2.24) is 9.80 Å². The van der Waals surface area contributed by atoms with Crippen molar-refractivity contribution in [2.45, 2.75) is 10.9 Å². The number of nitrogens with zero attached hydrogens (tertiary/aromatic N) is 3. The lowest BCUT2D eigenvalue weighted by atomic mass is 9.96. The molecule has 3 aromatic rings. The number of hydrogen-bond acceptors (Lipinski definition) is 5. The van der Waals surface area contributed by atoms with Crippen LogP contribution in [0.2, 0.25) is 0 Å². The summed E-state index contributed by atoms with van der Waals surface area (Å²) in [5, 5.41) is 11.9. The highest BCUT2D eigenvalue weighted by Crippen LogP contribution is 2.30. The van der Waals surface area contributed by atoms with Crippen LogP contribution in [0.1, 0.15) is 17.2 Å². The number of nitriles is 1. The predicted molar refractivity (Wildman–Crippen MR) is 134 cm³/mol. The molecule has 0 saturated carbocycles. The molecular formula is C27H28N4OS. The van der Waals surface area contributed by atoms with Gasteiger partial charge in [0.1, 0.15) is 0 Å². The summed E-state index contributed by atoms with van der Waals surface area (Å²) >= 11 is 1.44. The Hall–Kier alpha value is -3.11. The number of carbonyl (C=O) groups is 1. The summed E-state index contributed by atoms with van der Waals surface area (Å²) in [4.78, 5) is 18.4.